The first kappa shape index (κ1) is 27.7. The number of halogens is 2. The molecule has 1 aliphatic heterocycles. The van der Waals surface area contributed by atoms with Crippen LogP contribution in [0, 0.1) is 11.2 Å². The van der Waals surface area contributed by atoms with Crippen molar-refractivity contribution in [3.05, 3.63) is 73.6 Å². The van der Waals surface area contributed by atoms with Crippen LogP contribution in [-0.4, -0.2) is 53.5 Å². The Morgan fingerprint density at radius 1 is 1.32 bits per heavy atom. The Labute approximate surface area is 234 Å². The van der Waals surface area contributed by atoms with Gasteiger partial charge < -0.3 is 16.4 Å². The molecule has 1 amide bonds. The van der Waals surface area contributed by atoms with Crippen LogP contribution in [0.25, 0.3) is 11.3 Å². The number of amidine groups is 1. The average molecular weight is 568 g/mol. The van der Waals surface area contributed by atoms with E-state index in [4.69, 9.17) is 5.73 Å². The lowest BCUT2D eigenvalue weighted by Gasteiger charge is -2.31. The fourth-order valence-corrected chi connectivity index (χ4v) is 6.07. The molecular formula is C28H31F2N7O2S. The lowest BCUT2D eigenvalue weighted by atomic mass is 9.89. The summed E-state index contributed by atoms with van der Waals surface area (Å²) in [4.78, 5) is 33.0. The monoisotopic (exact) mass is 567 g/mol. The molecule has 210 valence electrons. The molecule has 1 aliphatic carbocycles. The van der Waals surface area contributed by atoms with E-state index in [1.54, 1.807) is 19.2 Å². The largest absolute Gasteiger partial charge is 0.390 e. The summed E-state index contributed by atoms with van der Waals surface area (Å²) < 4.78 is 29.4. The normalized spacial score (nSPS) is 18.8. The minimum atomic E-state index is -1.15. The SMILES string of the molecule is CN/C(=C\C(N)=Nc1cc(-c2ccc(F)c(NC(=O)c3cc4c(s3)CC(C)(C)C4F)c2)n[nH]c1=O)CN1CCC1. The van der Waals surface area contributed by atoms with Gasteiger partial charge in [-0.05, 0) is 56.3 Å². The number of aromatic nitrogens is 2. The number of aliphatic imine (C=N–C) groups is 1. The third kappa shape index (κ3) is 5.68. The lowest BCUT2D eigenvalue weighted by molar-refractivity contribution is 0.102. The fraction of sp³-hybridized carbons (Fsp3) is 0.357. The van der Waals surface area contributed by atoms with E-state index >= 15 is 0 Å². The first-order chi connectivity index (χ1) is 19.0. The summed E-state index contributed by atoms with van der Waals surface area (Å²) in [6.07, 6.45) is 2.23. The smallest absolute Gasteiger partial charge is 0.290 e. The number of benzene rings is 1. The van der Waals surface area contributed by atoms with E-state index < -0.39 is 28.9 Å². The number of H-pyrrole nitrogens is 1. The highest BCUT2D eigenvalue weighted by Gasteiger charge is 2.41. The van der Waals surface area contributed by atoms with Gasteiger partial charge >= 0.3 is 0 Å². The molecule has 1 aromatic carbocycles. The highest BCUT2D eigenvalue weighted by Crippen LogP contribution is 2.50. The number of thiophene rings is 1. The van der Waals surface area contributed by atoms with Gasteiger partial charge in [0.2, 0.25) is 0 Å². The van der Waals surface area contributed by atoms with Crippen LogP contribution < -0.4 is 21.9 Å². The van der Waals surface area contributed by atoms with Crippen molar-refractivity contribution in [3.63, 3.8) is 0 Å². The number of carbonyl (C=O) groups excluding carboxylic acids is 1. The Bertz CT molecular complexity index is 1570. The number of alkyl halides is 1. The lowest BCUT2D eigenvalue weighted by Crippen LogP contribution is -2.40. The third-order valence-electron chi connectivity index (χ3n) is 7.17. The van der Waals surface area contributed by atoms with E-state index in [0.717, 1.165) is 23.7 Å². The Kier molecular flexibility index (Phi) is 7.56. The standard InChI is InChI=1S/C28H31F2N7O2S/c1-28(2)13-23-17(25(28)30)11-22(40-23)27(39)34-20-9-15(5-6-18(20)29)19-12-21(26(38)36-35-19)33-24(31)10-16(32-3)14-37-7-4-8-37/h5-6,9-12,25,32H,4,7-8,13-14H2,1-3H3,(H,34,39)(H,36,38)(H2,31,33,35)/b16-10-. The Morgan fingerprint density at radius 2 is 2.10 bits per heavy atom. The Morgan fingerprint density at radius 3 is 2.77 bits per heavy atom. The maximum atomic E-state index is 14.7. The molecule has 3 heterocycles. The van der Waals surface area contributed by atoms with Crippen molar-refractivity contribution < 1.29 is 13.6 Å². The molecule has 2 aromatic heterocycles. The zero-order valence-corrected chi connectivity index (χ0v) is 23.3. The minimum absolute atomic E-state index is 0.0323. The van der Waals surface area contributed by atoms with Crippen LogP contribution in [0.15, 0.2) is 51.9 Å². The van der Waals surface area contributed by atoms with E-state index in [9.17, 15) is 18.4 Å². The number of nitrogens with one attached hydrogen (secondary N) is 3. The van der Waals surface area contributed by atoms with Crippen LogP contribution in [0.5, 0.6) is 0 Å². The first-order valence-electron chi connectivity index (χ1n) is 13.0. The van der Waals surface area contributed by atoms with Gasteiger partial charge in [0.05, 0.1) is 16.3 Å². The number of likely N-dealkylation sites (tertiary alicyclic amines) is 1. The number of anilines is 1. The van der Waals surface area contributed by atoms with Crippen LogP contribution in [0.2, 0.25) is 0 Å². The maximum Gasteiger partial charge on any atom is 0.290 e. The third-order valence-corrected chi connectivity index (χ3v) is 8.32. The number of hydrogen-bond donors (Lipinski definition) is 4. The number of carbonyl (C=O) groups is 1. The maximum absolute atomic E-state index is 14.7. The number of aromatic amines is 1. The molecule has 5 rings (SSSR count). The van der Waals surface area contributed by atoms with Gasteiger partial charge in [-0.25, -0.2) is 18.9 Å². The highest BCUT2D eigenvalue weighted by molar-refractivity contribution is 7.14. The van der Waals surface area contributed by atoms with E-state index in [2.05, 4.69) is 30.7 Å². The van der Waals surface area contributed by atoms with Crippen molar-refractivity contribution in [2.75, 3.05) is 32.0 Å². The number of hydrogen-bond acceptors (Lipinski definition) is 7. The summed E-state index contributed by atoms with van der Waals surface area (Å²) in [6.45, 7) is 6.46. The predicted molar refractivity (Wildman–Crippen MR) is 153 cm³/mol. The molecule has 0 saturated carbocycles. The summed E-state index contributed by atoms with van der Waals surface area (Å²) in [5.41, 5.74) is 7.15. The molecule has 1 unspecified atom stereocenters. The molecule has 40 heavy (non-hydrogen) atoms. The van der Waals surface area contributed by atoms with Crippen molar-refractivity contribution in [2.24, 2.45) is 16.1 Å². The first-order valence-corrected chi connectivity index (χ1v) is 13.8. The van der Waals surface area contributed by atoms with Crippen LogP contribution in [0.1, 0.15) is 46.6 Å². The molecule has 12 heteroatoms. The topological polar surface area (TPSA) is 128 Å². The van der Waals surface area contributed by atoms with Gasteiger partial charge in [-0.2, -0.15) is 5.10 Å². The van der Waals surface area contributed by atoms with Gasteiger partial charge in [0.15, 0.2) is 0 Å². The van der Waals surface area contributed by atoms with E-state index in [1.165, 1.54) is 42.0 Å². The number of rotatable bonds is 8. The van der Waals surface area contributed by atoms with Crippen molar-refractivity contribution >= 4 is 34.5 Å². The van der Waals surface area contributed by atoms with Crippen LogP contribution in [-0.2, 0) is 6.42 Å². The predicted octanol–water partition coefficient (Wildman–Crippen LogP) is 4.28. The number of nitrogens with two attached hydrogens (primary N) is 1. The number of fused-ring (bicyclic) bond motifs is 1. The number of nitrogens with zero attached hydrogens (tertiary/aromatic N) is 3. The van der Waals surface area contributed by atoms with Crippen molar-refractivity contribution in [1.82, 2.24) is 20.4 Å². The van der Waals surface area contributed by atoms with Crippen LogP contribution >= 0.6 is 11.3 Å². The molecule has 5 N–H and O–H groups in total. The van der Waals surface area contributed by atoms with Crippen molar-refractivity contribution in [1.29, 1.82) is 0 Å². The zero-order chi connectivity index (χ0) is 28.6. The van der Waals surface area contributed by atoms with Crippen LogP contribution in [0.4, 0.5) is 20.2 Å². The van der Waals surface area contributed by atoms with E-state index in [1.807, 2.05) is 13.8 Å². The van der Waals surface area contributed by atoms with Crippen LogP contribution in [0.3, 0.4) is 0 Å². The molecule has 1 saturated heterocycles. The summed E-state index contributed by atoms with van der Waals surface area (Å²) in [7, 11) is 1.80. The summed E-state index contributed by atoms with van der Waals surface area (Å²) in [6, 6.07) is 7.08. The number of amides is 1. The van der Waals surface area contributed by atoms with Gasteiger partial charge in [-0.1, -0.05) is 13.8 Å². The van der Waals surface area contributed by atoms with Gasteiger partial charge in [0.1, 0.15) is 23.5 Å². The Balaban J connectivity index is 1.36. The zero-order valence-electron chi connectivity index (χ0n) is 22.5. The second-order valence-corrected chi connectivity index (χ2v) is 11.9. The second kappa shape index (κ2) is 10.9. The Hall–Kier alpha value is -3.90. The number of likely N-dealkylation sites (N-methyl/N-ethyl adjacent to an activating group) is 1. The minimum Gasteiger partial charge on any atom is -0.390 e. The van der Waals surface area contributed by atoms with Gasteiger partial charge in [-0.3, -0.25) is 14.5 Å². The molecule has 0 radical (unpaired) electrons. The van der Waals surface area contributed by atoms with E-state index in [0.29, 0.717) is 34.7 Å². The highest BCUT2D eigenvalue weighted by atomic mass is 32.1. The molecule has 9 nitrogen and oxygen atoms in total. The molecule has 0 bridgehead atoms. The molecule has 1 fully saturated rings. The second-order valence-electron chi connectivity index (χ2n) is 10.7. The van der Waals surface area contributed by atoms with Gasteiger partial charge in [0.25, 0.3) is 11.5 Å². The van der Waals surface area contributed by atoms with Crippen molar-refractivity contribution in [3.8, 4) is 11.3 Å². The molecule has 1 atom stereocenters. The van der Waals surface area contributed by atoms with Crippen molar-refractivity contribution in [2.45, 2.75) is 32.9 Å². The fourth-order valence-electron chi connectivity index (χ4n) is 4.75. The molecule has 0 spiro atoms. The van der Waals surface area contributed by atoms with Gasteiger partial charge in [-0.15, -0.1) is 11.3 Å². The van der Waals surface area contributed by atoms with E-state index in [-0.39, 0.29) is 17.2 Å². The summed E-state index contributed by atoms with van der Waals surface area (Å²) >= 11 is 1.22. The average Bonchev–Trinajstić information content (AvgIpc) is 3.39. The molecular weight excluding hydrogens is 536 g/mol. The summed E-state index contributed by atoms with van der Waals surface area (Å²) in [5, 5.41) is 12.1. The molecule has 3 aromatic rings. The summed E-state index contributed by atoms with van der Waals surface area (Å²) in [5.74, 6) is -1.04. The quantitative estimate of drug-likeness (QED) is 0.238. The molecule has 2 aliphatic rings. The van der Waals surface area contributed by atoms with Gasteiger partial charge in [0, 0.05) is 46.8 Å².